The van der Waals surface area contributed by atoms with Crippen LogP contribution in [0, 0.1) is 0 Å². The number of anilines is 1. The van der Waals surface area contributed by atoms with Crippen LogP contribution in [0.25, 0.3) is 0 Å². The maximum atomic E-state index is 7.67. The molecule has 1 rings (SSSR count). The fraction of sp³-hybridized carbons (Fsp3) is 0.571. The summed E-state index contributed by atoms with van der Waals surface area (Å²) in [6.45, 7) is -9.12. The van der Waals surface area contributed by atoms with E-state index in [4.69, 9.17) is 15.1 Å². The Bertz CT molecular complexity index is 528. The topological polar surface area (TPSA) is 16.1 Å². The number of rotatable bonds is 2. The van der Waals surface area contributed by atoms with E-state index in [0.717, 1.165) is 0 Å². The highest BCUT2D eigenvalue weighted by Gasteiger charge is 2.07. The number of aromatic nitrogens is 1. The monoisotopic (exact) mass is 245 g/mol. The maximum absolute atomic E-state index is 7.67. The third-order valence-corrected chi connectivity index (χ3v) is 2.67. The Morgan fingerprint density at radius 1 is 1.82 bits per heavy atom. The van der Waals surface area contributed by atoms with Gasteiger partial charge in [-0.2, -0.15) is 0 Å². The summed E-state index contributed by atoms with van der Waals surface area (Å²) in [7, 11) is 0. The van der Waals surface area contributed by atoms with Gasteiger partial charge in [-0.1, -0.05) is 6.85 Å². The second-order valence-electron chi connectivity index (χ2n) is 1.58. The van der Waals surface area contributed by atoms with Gasteiger partial charge in [0.1, 0.15) is 4.60 Å². The lowest BCUT2D eigenvalue weighted by Gasteiger charge is -2.04. The molecule has 1 heterocycles. The molecule has 0 fully saturated rings. The zero-order valence-electron chi connectivity index (χ0n) is 16.2. The highest BCUT2D eigenvalue weighted by atomic mass is 79.9. The fourth-order valence-corrected chi connectivity index (χ4v) is 1.68. The van der Waals surface area contributed by atoms with Gasteiger partial charge >= 0.3 is 0 Å². The number of nitrogens with zero attached hydrogens (tertiary/aromatic N) is 2. The molecule has 0 unspecified atom stereocenters. The van der Waals surface area contributed by atoms with Crippen molar-refractivity contribution in [2.75, 3.05) is 18.9 Å². The third-order valence-electron chi connectivity index (χ3n) is 0.879. The van der Waals surface area contributed by atoms with Crippen LogP contribution in [0.2, 0.25) is 0 Å². The van der Waals surface area contributed by atoms with Crippen molar-refractivity contribution < 1.29 is 15.1 Å². The predicted molar refractivity (Wildman–Crippen MR) is 53.5 cm³/mol. The molecule has 11 heavy (non-hydrogen) atoms. The summed E-state index contributed by atoms with van der Waals surface area (Å²) in [5.41, 5.74) is 0. The van der Waals surface area contributed by atoms with Crippen molar-refractivity contribution in [2.45, 2.75) is 13.2 Å². The molecule has 0 spiro atoms. The quantitative estimate of drug-likeness (QED) is 0.797. The molecule has 4 heteroatoms. The molecule has 0 aliphatic rings. The molecular formula is C7H11BrN2S. The van der Waals surface area contributed by atoms with Gasteiger partial charge in [0.25, 0.3) is 0 Å². The molecular weight excluding hydrogens is 224 g/mol. The Labute approximate surface area is 94.8 Å². The summed E-state index contributed by atoms with van der Waals surface area (Å²) >= 11 is 3.23. The minimum Gasteiger partial charge on any atom is -0.354 e. The first kappa shape index (κ1) is 2.23. The summed E-state index contributed by atoms with van der Waals surface area (Å²) in [5, 5.41) is -0.519. The first-order valence-electron chi connectivity index (χ1n) is 7.97. The molecule has 0 radical (unpaired) electrons. The molecule has 0 N–H and O–H groups in total. The van der Waals surface area contributed by atoms with E-state index in [1.54, 1.807) is 0 Å². The second kappa shape index (κ2) is 3.54. The van der Waals surface area contributed by atoms with Crippen LogP contribution in [-0.2, 0) is 6.37 Å². The van der Waals surface area contributed by atoms with Crippen molar-refractivity contribution in [3.63, 3.8) is 0 Å². The van der Waals surface area contributed by atoms with Crippen LogP contribution in [-0.4, -0.2) is 18.9 Å². The molecule has 0 saturated heterocycles. The van der Waals surface area contributed by atoms with E-state index in [-0.39, 0.29) is 9.50 Å². The Hall–Kier alpha value is -0.0900. The largest absolute Gasteiger partial charge is 0.354 e. The molecule has 0 aliphatic heterocycles. The SMILES string of the molecule is [2H]C([2H])([2H])N(c1nc(Br)c(C([2H])([2H])C([2H])([2H])[2H])s1)C([2H])([2H])[2H]. The Kier molecular flexibility index (Phi) is 0.718. The van der Waals surface area contributed by atoms with E-state index in [9.17, 15) is 0 Å². The number of hydrogen-bond acceptors (Lipinski definition) is 3. The minimum atomic E-state index is -3.05. The van der Waals surface area contributed by atoms with E-state index in [0.29, 0.717) is 11.3 Å². The number of thiazole rings is 1. The maximum Gasteiger partial charge on any atom is 0.186 e. The number of aryl methyl sites for hydroxylation is 1. The lowest BCUT2D eigenvalue weighted by atomic mass is 10.4. The molecule has 0 aromatic carbocycles. The second-order valence-corrected chi connectivity index (χ2v) is 3.31. The molecule has 1 aromatic heterocycles. The van der Waals surface area contributed by atoms with E-state index in [1.165, 1.54) is 0 Å². The summed E-state index contributed by atoms with van der Waals surface area (Å²) in [6, 6.07) is 0. The molecule has 0 amide bonds. The van der Waals surface area contributed by atoms with Gasteiger partial charge in [-0.25, -0.2) is 4.98 Å². The molecule has 0 atom stereocenters. The average molecular weight is 246 g/mol. The number of hydrogen-bond donors (Lipinski definition) is 0. The molecule has 62 valence electrons. The van der Waals surface area contributed by atoms with E-state index in [1.807, 2.05) is 0 Å². The Morgan fingerprint density at radius 3 is 3.27 bits per heavy atom. The fourth-order valence-electron chi connectivity index (χ4n) is 0.464. The average Bonchev–Trinajstić information content (AvgIpc) is 2.53. The molecule has 0 bridgehead atoms. The van der Waals surface area contributed by atoms with Crippen LogP contribution in [0.5, 0.6) is 0 Å². The van der Waals surface area contributed by atoms with Crippen LogP contribution in [0.3, 0.4) is 0 Å². The van der Waals surface area contributed by atoms with Crippen molar-refractivity contribution >= 4 is 32.4 Å². The normalized spacial score (nSPS) is 29.7. The first-order valence-corrected chi connectivity index (χ1v) is 4.07. The Balaban J connectivity index is 3.46. The third kappa shape index (κ3) is 1.93. The van der Waals surface area contributed by atoms with E-state index in [2.05, 4.69) is 20.9 Å². The first-order chi connectivity index (χ1) is 9.49. The molecule has 0 aliphatic carbocycles. The smallest absolute Gasteiger partial charge is 0.186 e. The van der Waals surface area contributed by atoms with Crippen molar-refractivity contribution in [3.05, 3.63) is 9.48 Å². The van der Waals surface area contributed by atoms with Crippen molar-refractivity contribution in [2.24, 2.45) is 0 Å². The summed E-state index contributed by atoms with van der Waals surface area (Å²) in [4.78, 5) is 3.35. The predicted octanol–water partition coefficient (Wildman–Crippen LogP) is 2.53. The van der Waals surface area contributed by atoms with Gasteiger partial charge < -0.3 is 4.90 Å². The van der Waals surface area contributed by atoms with Crippen LogP contribution < -0.4 is 4.90 Å². The standard InChI is InChI=1S/C7H11BrN2S/c1-4-5-6(8)9-7(11-5)10(2)3/h4H2,1-3H3/i1D3,2D3,3D3,4D2. The van der Waals surface area contributed by atoms with E-state index >= 15 is 0 Å². The van der Waals surface area contributed by atoms with Crippen molar-refractivity contribution in [1.29, 1.82) is 0 Å². The van der Waals surface area contributed by atoms with Crippen LogP contribution >= 0.6 is 27.3 Å². The lowest BCUT2D eigenvalue weighted by molar-refractivity contribution is 1.09. The van der Waals surface area contributed by atoms with Gasteiger partial charge in [-0.3, -0.25) is 0 Å². The zero-order chi connectivity index (χ0) is 17.7. The van der Waals surface area contributed by atoms with Gasteiger partial charge in [0.05, 0.1) is 0 Å². The summed E-state index contributed by atoms with van der Waals surface area (Å²) in [5.74, 6) is 0. The summed E-state index contributed by atoms with van der Waals surface area (Å²) in [6.07, 6.45) is -2.81. The van der Waals surface area contributed by atoms with Gasteiger partial charge in [-0.05, 0) is 22.3 Å². The van der Waals surface area contributed by atoms with Gasteiger partial charge in [0.2, 0.25) is 0 Å². The lowest BCUT2D eigenvalue weighted by Crippen LogP contribution is -2.07. The molecule has 2 nitrogen and oxygen atoms in total. The number of halogens is 1. The van der Waals surface area contributed by atoms with Crippen LogP contribution in [0.1, 0.15) is 26.8 Å². The molecule has 1 aromatic rings. The van der Waals surface area contributed by atoms with Crippen molar-refractivity contribution in [3.8, 4) is 0 Å². The van der Waals surface area contributed by atoms with Gasteiger partial charge in [0.15, 0.2) is 5.13 Å². The highest BCUT2D eigenvalue weighted by Crippen LogP contribution is 2.28. The van der Waals surface area contributed by atoms with Gasteiger partial charge in [0, 0.05) is 33.9 Å². The minimum absolute atomic E-state index is 0.0779. The molecule has 0 saturated carbocycles. The highest BCUT2D eigenvalue weighted by molar-refractivity contribution is 9.10. The van der Waals surface area contributed by atoms with Crippen LogP contribution in [0.4, 0.5) is 5.13 Å². The van der Waals surface area contributed by atoms with Crippen molar-refractivity contribution in [1.82, 2.24) is 4.98 Å². The Morgan fingerprint density at radius 2 is 2.64 bits per heavy atom. The van der Waals surface area contributed by atoms with E-state index < -0.39 is 37.2 Å². The summed E-state index contributed by atoms with van der Waals surface area (Å²) < 4.78 is 80.5. The zero-order valence-corrected chi connectivity index (χ0v) is 7.58. The van der Waals surface area contributed by atoms with Gasteiger partial charge in [-0.15, -0.1) is 11.3 Å². The van der Waals surface area contributed by atoms with Crippen LogP contribution in [0.15, 0.2) is 4.60 Å².